The number of benzene rings is 1. The second-order valence-corrected chi connectivity index (χ2v) is 6.66. The van der Waals surface area contributed by atoms with E-state index in [0.29, 0.717) is 10.6 Å². The molecule has 1 aromatic heterocycles. The SMILES string of the molecule is Cc1cc(/C=N\NC(=O)c2ccccc2Cl)c(C)n1C[C@H]1CCCO1. The van der Waals surface area contributed by atoms with Crippen molar-refractivity contribution in [3.8, 4) is 0 Å². The minimum Gasteiger partial charge on any atom is -0.376 e. The fourth-order valence-electron chi connectivity index (χ4n) is 3.10. The van der Waals surface area contributed by atoms with Crippen LogP contribution in [-0.2, 0) is 11.3 Å². The quantitative estimate of drug-likeness (QED) is 0.653. The molecule has 0 bridgehead atoms. The molecule has 1 aliphatic rings. The van der Waals surface area contributed by atoms with Crippen molar-refractivity contribution in [2.24, 2.45) is 5.10 Å². The van der Waals surface area contributed by atoms with Crippen molar-refractivity contribution in [3.63, 3.8) is 0 Å². The van der Waals surface area contributed by atoms with E-state index < -0.39 is 0 Å². The largest absolute Gasteiger partial charge is 0.376 e. The van der Waals surface area contributed by atoms with Crippen molar-refractivity contribution in [2.45, 2.75) is 39.3 Å². The van der Waals surface area contributed by atoms with Gasteiger partial charge in [-0.3, -0.25) is 4.79 Å². The number of hydrazone groups is 1. The minimum absolute atomic E-state index is 0.287. The van der Waals surface area contributed by atoms with E-state index in [1.807, 2.05) is 0 Å². The van der Waals surface area contributed by atoms with Gasteiger partial charge in [-0.05, 0) is 44.9 Å². The summed E-state index contributed by atoms with van der Waals surface area (Å²) in [6, 6.07) is 8.96. The number of amides is 1. The molecule has 0 aliphatic carbocycles. The number of hydrogen-bond donors (Lipinski definition) is 1. The van der Waals surface area contributed by atoms with Gasteiger partial charge in [0.15, 0.2) is 0 Å². The summed E-state index contributed by atoms with van der Waals surface area (Å²) in [6.45, 7) is 5.84. The first kappa shape index (κ1) is 17.7. The fourth-order valence-corrected chi connectivity index (χ4v) is 3.32. The summed E-state index contributed by atoms with van der Waals surface area (Å²) in [4.78, 5) is 12.1. The minimum atomic E-state index is -0.324. The molecular weight excluding hydrogens is 338 g/mol. The van der Waals surface area contributed by atoms with Gasteiger partial charge < -0.3 is 9.30 Å². The maximum atomic E-state index is 12.1. The Morgan fingerprint density at radius 2 is 2.24 bits per heavy atom. The number of hydrogen-bond acceptors (Lipinski definition) is 3. The van der Waals surface area contributed by atoms with Gasteiger partial charge in [-0.15, -0.1) is 0 Å². The summed E-state index contributed by atoms with van der Waals surface area (Å²) in [5.74, 6) is -0.324. The zero-order valence-electron chi connectivity index (χ0n) is 14.5. The molecule has 2 aromatic rings. The molecule has 1 saturated heterocycles. The molecule has 1 N–H and O–H groups in total. The average molecular weight is 360 g/mol. The number of carbonyl (C=O) groups excluding carboxylic acids is 1. The molecule has 1 amide bonds. The average Bonchev–Trinajstić information content (AvgIpc) is 3.19. The standard InChI is InChI=1S/C19H22ClN3O2/c1-13-10-15(14(2)23(13)12-16-6-5-9-25-16)11-21-22-19(24)17-7-3-4-8-18(17)20/h3-4,7-8,10-11,16H,5-6,9,12H2,1-2H3,(H,22,24)/b21-11-/t16-/m1/s1. The second kappa shape index (κ2) is 7.85. The molecule has 0 spiro atoms. The van der Waals surface area contributed by atoms with Gasteiger partial charge in [0.1, 0.15) is 0 Å². The normalized spacial score (nSPS) is 17.3. The van der Waals surface area contributed by atoms with Crippen LogP contribution in [0.15, 0.2) is 35.4 Å². The van der Waals surface area contributed by atoms with Crippen LogP contribution in [0.3, 0.4) is 0 Å². The molecule has 0 saturated carbocycles. The lowest BCUT2D eigenvalue weighted by Crippen LogP contribution is -2.18. The van der Waals surface area contributed by atoms with Gasteiger partial charge in [-0.1, -0.05) is 23.7 Å². The van der Waals surface area contributed by atoms with Crippen LogP contribution in [0, 0.1) is 13.8 Å². The van der Waals surface area contributed by atoms with Gasteiger partial charge >= 0.3 is 0 Å². The second-order valence-electron chi connectivity index (χ2n) is 6.25. The molecule has 1 fully saturated rings. The molecular formula is C19H22ClN3O2. The van der Waals surface area contributed by atoms with Crippen LogP contribution in [0.2, 0.25) is 5.02 Å². The smallest absolute Gasteiger partial charge is 0.272 e. The van der Waals surface area contributed by atoms with E-state index >= 15 is 0 Å². The number of nitrogens with zero attached hydrogens (tertiary/aromatic N) is 2. The first-order valence-corrected chi connectivity index (χ1v) is 8.80. The topological polar surface area (TPSA) is 55.6 Å². The van der Waals surface area contributed by atoms with Gasteiger partial charge in [0.2, 0.25) is 0 Å². The number of rotatable bonds is 5. The molecule has 5 nitrogen and oxygen atoms in total. The van der Waals surface area contributed by atoms with Gasteiger partial charge in [0, 0.05) is 30.1 Å². The van der Waals surface area contributed by atoms with Crippen LogP contribution in [0.4, 0.5) is 0 Å². The Balaban J connectivity index is 1.67. The summed E-state index contributed by atoms with van der Waals surface area (Å²) in [7, 11) is 0. The maximum absolute atomic E-state index is 12.1. The van der Waals surface area contributed by atoms with Crippen LogP contribution in [0.1, 0.15) is 40.2 Å². The van der Waals surface area contributed by atoms with E-state index in [1.165, 1.54) is 0 Å². The molecule has 1 aliphatic heterocycles. The van der Waals surface area contributed by atoms with E-state index in [9.17, 15) is 4.79 Å². The monoisotopic (exact) mass is 359 g/mol. The molecule has 25 heavy (non-hydrogen) atoms. The number of carbonyl (C=O) groups is 1. The van der Waals surface area contributed by atoms with Crippen molar-refractivity contribution in [1.29, 1.82) is 0 Å². The summed E-state index contributed by atoms with van der Waals surface area (Å²) >= 11 is 6.02. The van der Waals surface area contributed by atoms with E-state index in [1.54, 1.807) is 30.5 Å². The van der Waals surface area contributed by atoms with Crippen LogP contribution < -0.4 is 5.43 Å². The highest BCUT2D eigenvalue weighted by Gasteiger charge is 2.18. The molecule has 0 radical (unpaired) electrons. The Morgan fingerprint density at radius 1 is 1.44 bits per heavy atom. The lowest BCUT2D eigenvalue weighted by Gasteiger charge is -2.14. The maximum Gasteiger partial charge on any atom is 0.272 e. The first-order valence-electron chi connectivity index (χ1n) is 8.42. The number of aromatic nitrogens is 1. The van der Waals surface area contributed by atoms with Gasteiger partial charge in [0.05, 0.1) is 22.9 Å². The van der Waals surface area contributed by atoms with Crippen LogP contribution in [0.25, 0.3) is 0 Å². The molecule has 1 aromatic carbocycles. The van der Waals surface area contributed by atoms with Crippen molar-refractivity contribution in [2.75, 3.05) is 6.61 Å². The summed E-state index contributed by atoms with van der Waals surface area (Å²) in [6.07, 6.45) is 4.19. The van der Waals surface area contributed by atoms with Gasteiger partial charge in [-0.2, -0.15) is 5.10 Å². The predicted molar refractivity (Wildman–Crippen MR) is 99.4 cm³/mol. The Hall–Kier alpha value is -2.11. The van der Waals surface area contributed by atoms with Crippen LogP contribution in [0.5, 0.6) is 0 Å². The Bertz CT molecular complexity index is 792. The summed E-state index contributed by atoms with van der Waals surface area (Å²) < 4.78 is 7.97. The van der Waals surface area contributed by atoms with E-state index in [2.05, 4.69) is 35.0 Å². The van der Waals surface area contributed by atoms with Crippen molar-refractivity contribution >= 4 is 23.7 Å². The highest BCUT2D eigenvalue weighted by molar-refractivity contribution is 6.33. The third-order valence-electron chi connectivity index (χ3n) is 4.51. The number of ether oxygens (including phenoxy) is 1. The van der Waals surface area contributed by atoms with E-state index in [4.69, 9.17) is 16.3 Å². The van der Waals surface area contributed by atoms with Gasteiger partial charge in [0.25, 0.3) is 5.91 Å². The predicted octanol–water partition coefficient (Wildman–Crippen LogP) is 3.70. The lowest BCUT2D eigenvalue weighted by molar-refractivity contribution is 0.0954. The summed E-state index contributed by atoms with van der Waals surface area (Å²) in [5, 5.41) is 4.49. The molecule has 1 atom stereocenters. The van der Waals surface area contributed by atoms with Crippen molar-refractivity contribution in [3.05, 3.63) is 57.9 Å². The van der Waals surface area contributed by atoms with Crippen molar-refractivity contribution in [1.82, 2.24) is 9.99 Å². The lowest BCUT2D eigenvalue weighted by atomic mass is 10.2. The molecule has 2 heterocycles. The molecule has 3 rings (SSSR count). The Morgan fingerprint density at radius 3 is 2.96 bits per heavy atom. The van der Waals surface area contributed by atoms with Crippen LogP contribution in [-0.4, -0.2) is 29.4 Å². The van der Waals surface area contributed by atoms with E-state index in [0.717, 1.165) is 42.9 Å². The highest BCUT2D eigenvalue weighted by atomic mass is 35.5. The van der Waals surface area contributed by atoms with E-state index in [-0.39, 0.29) is 12.0 Å². The Labute approximate surface area is 152 Å². The van der Waals surface area contributed by atoms with Gasteiger partial charge in [-0.25, -0.2) is 5.43 Å². The number of aryl methyl sites for hydroxylation is 1. The third-order valence-corrected chi connectivity index (χ3v) is 4.84. The Kier molecular flexibility index (Phi) is 5.56. The highest BCUT2D eigenvalue weighted by Crippen LogP contribution is 2.19. The summed E-state index contributed by atoms with van der Waals surface area (Å²) in [5.41, 5.74) is 6.19. The molecule has 132 valence electrons. The third kappa shape index (κ3) is 4.11. The molecule has 0 unspecified atom stereocenters. The molecule has 6 heteroatoms. The van der Waals surface area contributed by atoms with Crippen LogP contribution >= 0.6 is 11.6 Å². The number of nitrogens with one attached hydrogen (secondary N) is 1. The fraction of sp³-hybridized carbons (Fsp3) is 0.368. The zero-order chi connectivity index (χ0) is 17.8. The zero-order valence-corrected chi connectivity index (χ0v) is 15.2. The first-order chi connectivity index (χ1) is 12.1. The van der Waals surface area contributed by atoms with Crippen molar-refractivity contribution < 1.29 is 9.53 Å². The number of halogens is 1.